The number of aromatic nitrogens is 5. The highest BCUT2D eigenvalue weighted by Crippen LogP contribution is 2.22. The van der Waals surface area contributed by atoms with Gasteiger partial charge in [0.05, 0.1) is 18.2 Å². The molecule has 1 aromatic carbocycles. The number of hydrogen-bond acceptors (Lipinski definition) is 8. The number of benzene rings is 1. The van der Waals surface area contributed by atoms with Gasteiger partial charge in [-0.1, -0.05) is 17.8 Å². The van der Waals surface area contributed by atoms with Crippen molar-refractivity contribution in [3.63, 3.8) is 0 Å². The lowest BCUT2D eigenvalue weighted by atomic mass is 10.1. The standard InChI is InChI=1S/C18H19N7O2S/c1-13-4-5-15(8-14(13)2)25(7-3-6-19)17(26)10-28-18-23-22-16(27-18)9-24-12-20-11-21-24/h4-5,8,11-12H,3,7,9-10H2,1-2H3. The van der Waals surface area contributed by atoms with Crippen molar-refractivity contribution in [1.29, 1.82) is 5.26 Å². The minimum atomic E-state index is -0.125. The maximum absolute atomic E-state index is 12.8. The summed E-state index contributed by atoms with van der Waals surface area (Å²) < 4.78 is 7.10. The molecular formula is C18H19N7O2S. The van der Waals surface area contributed by atoms with Crippen LogP contribution in [0, 0.1) is 25.2 Å². The maximum atomic E-state index is 12.8. The molecule has 2 aromatic heterocycles. The van der Waals surface area contributed by atoms with Crippen LogP contribution in [0.15, 0.2) is 40.5 Å². The normalized spacial score (nSPS) is 10.6. The first-order valence-electron chi connectivity index (χ1n) is 8.59. The van der Waals surface area contributed by atoms with Crippen molar-refractivity contribution < 1.29 is 9.21 Å². The lowest BCUT2D eigenvalue weighted by Gasteiger charge is -2.22. The summed E-state index contributed by atoms with van der Waals surface area (Å²) in [5.41, 5.74) is 3.02. The van der Waals surface area contributed by atoms with Crippen molar-refractivity contribution in [1.82, 2.24) is 25.0 Å². The quantitative estimate of drug-likeness (QED) is 0.532. The van der Waals surface area contributed by atoms with E-state index in [-0.39, 0.29) is 18.1 Å². The number of thioether (sulfide) groups is 1. The fourth-order valence-corrected chi connectivity index (χ4v) is 3.12. The Morgan fingerprint density at radius 3 is 2.89 bits per heavy atom. The van der Waals surface area contributed by atoms with Crippen LogP contribution in [0.4, 0.5) is 5.69 Å². The molecule has 0 aliphatic carbocycles. The van der Waals surface area contributed by atoms with Gasteiger partial charge in [0.1, 0.15) is 19.2 Å². The van der Waals surface area contributed by atoms with E-state index in [1.54, 1.807) is 15.9 Å². The Morgan fingerprint density at radius 1 is 1.32 bits per heavy atom. The second-order valence-electron chi connectivity index (χ2n) is 6.07. The monoisotopic (exact) mass is 397 g/mol. The van der Waals surface area contributed by atoms with Crippen LogP contribution in [-0.4, -0.2) is 43.2 Å². The zero-order chi connectivity index (χ0) is 19.9. The lowest BCUT2D eigenvalue weighted by molar-refractivity contribution is -0.116. The van der Waals surface area contributed by atoms with E-state index in [1.165, 1.54) is 18.1 Å². The first kappa shape index (κ1) is 19.6. The zero-order valence-corrected chi connectivity index (χ0v) is 16.4. The third-order valence-electron chi connectivity index (χ3n) is 4.08. The molecule has 0 aliphatic heterocycles. The van der Waals surface area contributed by atoms with E-state index in [0.29, 0.717) is 24.2 Å². The molecule has 0 saturated heterocycles. The molecule has 28 heavy (non-hydrogen) atoms. The van der Waals surface area contributed by atoms with E-state index in [4.69, 9.17) is 9.68 Å². The fourth-order valence-electron chi connectivity index (χ4n) is 2.47. The van der Waals surface area contributed by atoms with Crippen LogP contribution in [0.2, 0.25) is 0 Å². The van der Waals surface area contributed by atoms with Crippen LogP contribution in [0.1, 0.15) is 23.4 Å². The second-order valence-corrected chi connectivity index (χ2v) is 6.99. The highest BCUT2D eigenvalue weighted by molar-refractivity contribution is 7.99. The van der Waals surface area contributed by atoms with Gasteiger partial charge in [0.25, 0.3) is 5.22 Å². The lowest BCUT2D eigenvalue weighted by Crippen LogP contribution is -2.33. The molecule has 2 heterocycles. The van der Waals surface area contributed by atoms with E-state index in [2.05, 4.69) is 26.3 Å². The number of carbonyl (C=O) groups is 1. The molecule has 0 spiro atoms. The minimum Gasteiger partial charge on any atom is -0.414 e. The van der Waals surface area contributed by atoms with Crippen LogP contribution in [0.25, 0.3) is 0 Å². The van der Waals surface area contributed by atoms with E-state index < -0.39 is 0 Å². The van der Waals surface area contributed by atoms with Gasteiger partial charge in [0.2, 0.25) is 11.8 Å². The topological polar surface area (TPSA) is 114 Å². The Balaban J connectivity index is 1.64. The van der Waals surface area contributed by atoms with Gasteiger partial charge in [-0.15, -0.1) is 10.2 Å². The second kappa shape index (κ2) is 9.14. The minimum absolute atomic E-state index is 0.125. The molecule has 9 nitrogen and oxygen atoms in total. The van der Waals surface area contributed by atoms with Gasteiger partial charge < -0.3 is 9.32 Å². The molecule has 0 aliphatic rings. The third kappa shape index (κ3) is 4.95. The molecule has 3 rings (SSSR count). The van der Waals surface area contributed by atoms with Crippen molar-refractivity contribution in [2.45, 2.75) is 32.0 Å². The van der Waals surface area contributed by atoms with Gasteiger partial charge in [-0.25, -0.2) is 9.67 Å². The Kier molecular flexibility index (Phi) is 6.39. The van der Waals surface area contributed by atoms with E-state index in [0.717, 1.165) is 16.8 Å². The molecule has 0 N–H and O–H groups in total. The van der Waals surface area contributed by atoms with Crippen LogP contribution in [-0.2, 0) is 11.3 Å². The summed E-state index contributed by atoms with van der Waals surface area (Å²) >= 11 is 1.17. The highest BCUT2D eigenvalue weighted by atomic mass is 32.2. The van der Waals surface area contributed by atoms with Crippen molar-refractivity contribution in [3.8, 4) is 6.07 Å². The number of amides is 1. The Hall–Kier alpha value is -3.19. The molecule has 0 radical (unpaired) electrons. The Morgan fingerprint density at radius 2 is 2.18 bits per heavy atom. The summed E-state index contributed by atoms with van der Waals surface area (Å²) in [4.78, 5) is 18.2. The van der Waals surface area contributed by atoms with E-state index >= 15 is 0 Å². The summed E-state index contributed by atoms with van der Waals surface area (Å²) in [6.07, 6.45) is 3.23. The molecule has 1 amide bonds. The Bertz CT molecular complexity index is 978. The smallest absolute Gasteiger partial charge is 0.277 e. The molecule has 0 atom stereocenters. The molecule has 0 fully saturated rings. The molecule has 0 unspecified atom stereocenters. The molecule has 3 aromatic rings. The molecule has 10 heteroatoms. The molecule has 0 bridgehead atoms. The first-order chi connectivity index (χ1) is 13.6. The van der Waals surface area contributed by atoms with E-state index in [1.807, 2.05) is 32.0 Å². The summed E-state index contributed by atoms with van der Waals surface area (Å²) in [5.74, 6) is 0.388. The van der Waals surface area contributed by atoms with Gasteiger partial charge in [-0.05, 0) is 37.1 Å². The molecule has 0 saturated carbocycles. The number of nitriles is 1. The summed E-state index contributed by atoms with van der Waals surface area (Å²) in [6.45, 7) is 4.66. The first-order valence-corrected chi connectivity index (χ1v) is 9.57. The van der Waals surface area contributed by atoms with E-state index in [9.17, 15) is 4.79 Å². The maximum Gasteiger partial charge on any atom is 0.277 e. The van der Waals surface area contributed by atoms with Crippen LogP contribution < -0.4 is 4.90 Å². The number of hydrogen-bond donors (Lipinski definition) is 0. The Labute approximate surface area is 166 Å². The van der Waals surface area contributed by atoms with Crippen molar-refractivity contribution in [3.05, 3.63) is 47.9 Å². The number of carbonyl (C=O) groups excluding carboxylic acids is 1. The van der Waals surface area contributed by atoms with Crippen molar-refractivity contribution in [2.24, 2.45) is 0 Å². The highest BCUT2D eigenvalue weighted by Gasteiger charge is 2.18. The number of rotatable bonds is 8. The SMILES string of the molecule is Cc1ccc(N(CCC#N)C(=O)CSc2nnc(Cn3cncn3)o2)cc1C. The van der Waals surface area contributed by atoms with Gasteiger partial charge in [0.15, 0.2) is 0 Å². The van der Waals surface area contributed by atoms with Crippen LogP contribution in [0.3, 0.4) is 0 Å². The van der Waals surface area contributed by atoms with Gasteiger partial charge >= 0.3 is 0 Å². The van der Waals surface area contributed by atoms with Crippen molar-refractivity contribution in [2.75, 3.05) is 17.2 Å². The fraction of sp³-hybridized carbons (Fsp3) is 0.333. The van der Waals surface area contributed by atoms with Gasteiger partial charge in [-0.3, -0.25) is 4.79 Å². The average molecular weight is 397 g/mol. The van der Waals surface area contributed by atoms with Gasteiger partial charge in [0, 0.05) is 12.2 Å². The third-order valence-corrected chi connectivity index (χ3v) is 4.88. The summed E-state index contributed by atoms with van der Waals surface area (Å²) in [7, 11) is 0. The zero-order valence-electron chi connectivity index (χ0n) is 15.6. The number of anilines is 1. The summed E-state index contributed by atoms with van der Waals surface area (Å²) in [6, 6.07) is 7.91. The average Bonchev–Trinajstić information content (AvgIpc) is 3.35. The predicted octanol–water partition coefficient (Wildman–Crippen LogP) is 2.37. The van der Waals surface area contributed by atoms with Gasteiger partial charge in [-0.2, -0.15) is 10.4 Å². The largest absolute Gasteiger partial charge is 0.414 e. The predicted molar refractivity (Wildman–Crippen MR) is 103 cm³/mol. The van der Waals surface area contributed by atoms with Crippen LogP contribution in [0.5, 0.6) is 0 Å². The molecular weight excluding hydrogens is 378 g/mol. The number of nitrogens with zero attached hydrogens (tertiary/aromatic N) is 7. The van der Waals surface area contributed by atoms with Crippen LogP contribution >= 0.6 is 11.8 Å². The number of aryl methyl sites for hydroxylation is 2. The molecule has 144 valence electrons. The summed E-state index contributed by atoms with van der Waals surface area (Å²) in [5, 5.41) is 21.1. The van der Waals surface area contributed by atoms with Crippen molar-refractivity contribution >= 4 is 23.4 Å².